The third-order valence-corrected chi connectivity index (χ3v) is 7.19. The summed E-state index contributed by atoms with van der Waals surface area (Å²) in [4.78, 5) is 71.9. The standard InChI is InChI=1S/C27H28N6O8S/c1-27(2,3)41-19(35)13-40-31-20(17-8-7-9-18(29-17)28-15-34)23(36)30-21-24(37)33-22(26(38)39)16(14-42-25(21)33)12-32-10-5-4-6-11-32/h4-11,15,21,25H,12-14H2,1-3H3,(H2-,28,29,30,34,36,38,39)/b31-20-/t21?,25-/m1/s1. The average molecular weight is 597 g/mol. The van der Waals surface area contributed by atoms with Crippen molar-refractivity contribution in [1.29, 1.82) is 0 Å². The van der Waals surface area contributed by atoms with Crippen LogP contribution in [0.15, 0.2) is 65.2 Å². The Kier molecular flexibility index (Phi) is 9.20. The van der Waals surface area contributed by atoms with Crippen molar-refractivity contribution in [2.45, 2.75) is 44.3 Å². The lowest BCUT2D eigenvalue weighted by Gasteiger charge is -2.50. The number of β-lactam (4-membered cyclic amide) rings is 1. The predicted molar refractivity (Wildman–Crippen MR) is 146 cm³/mol. The Morgan fingerprint density at radius 3 is 2.62 bits per heavy atom. The Hall–Kier alpha value is -4.79. The van der Waals surface area contributed by atoms with E-state index in [1.807, 2.05) is 6.07 Å². The molecule has 0 aliphatic carbocycles. The van der Waals surface area contributed by atoms with E-state index < -0.39 is 53.1 Å². The van der Waals surface area contributed by atoms with Crippen LogP contribution in [-0.4, -0.2) is 75.1 Å². The van der Waals surface area contributed by atoms with E-state index in [9.17, 15) is 29.1 Å². The molecule has 0 spiro atoms. The maximum Gasteiger partial charge on any atom is 0.347 e. The first kappa shape index (κ1) is 30.2. The number of pyridine rings is 2. The minimum Gasteiger partial charge on any atom is -0.543 e. The quantitative estimate of drug-likeness (QED) is 0.0824. The van der Waals surface area contributed by atoms with Crippen LogP contribution in [0.5, 0.6) is 0 Å². The van der Waals surface area contributed by atoms with E-state index >= 15 is 0 Å². The predicted octanol–water partition coefficient (Wildman–Crippen LogP) is -0.896. The average Bonchev–Trinajstić information content (AvgIpc) is 2.93. The zero-order valence-electron chi connectivity index (χ0n) is 22.9. The molecule has 0 bridgehead atoms. The Morgan fingerprint density at radius 2 is 1.95 bits per heavy atom. The second kappa shape index (κ2) is 12.8. The number of oxime groups is 1. The van der Waals surface area contributed by atoms with Crippen molar-refractivity contribution < 1.29 is 43.2 Å². The lowest BCUT2D eigenvalue weighted by Crippen LogP contribution is -2.71. The zero-order valence-corrected chi connectivity index (χ0v) is 23.8. The van der Waals surface area contributed by atoms with Gasteiger partial charge in [-0.25, -0.2) is 14.3 Å². The molecule has 2 aliphatic rings. The lowest BCUT2D eigenvalue weighted by atomic mass is 10.0. The van der Waals surface area contributed by atoms with E-state index in [-0.39, 0.29) is 29.5 Å². The number of thioether (sulfide) groups is 1. The summed E-state index contributed by atoms with van der Waals surface area (Å²) in [6.07, 6.45) is 3.95. The fraction of sp³-hybridized carbons (Fsp3) is 0.333. The van der Waals surface area contributed by atoms with Gasteiger partial charge in [0, 0.05) is 23.5 Å². The molecular formula is C27H28N6O8S. The van der Waals surface area contributed by atoms with Crippen molar-refractivity contribution in [2.75, 3.05) is 17.7 Å². The topological polar surface area (TPSA) is 183 Å². The summed E-state index contributed by atoms with van der Waals surface area (Å²) in [6, 6.07) is 8.73. The number of rotatable bonds is 11. The lowest BCUT2D eigenvalue weighted by molar-refractivity contribution is -0.689. The Bertz CT molecular complexity index is 1460. The second-order valence-corrected chi connectivity index (χ2v) is 11.2. The van der Waals surface area contributed by atoms with Crippen molar-refractivity contribution in [3.05, 3.63) is 65.8 Å². The summed E-state index contributed by atoms with van der Waals surface area (Å²) >= 11 is 1.29. The van der Waals surface area contributed by atoms with Gasteiger partial charge in [-0.15, -0.1) is 11.8 Å². The van der Waals surface area contributed by atoms with E-state index in [1.54, 1.807) is 49.9 Å². The van der Waals surface area contributed by atoms with Crippen LogP contribution < -0.4 is 20.3 Å². The maximum absolute atomic E-state index is 13.4. The van der Waals surface area contributed by atoms with Gasteiger partial charge in [-0.1, -0.05) is 17.3 Å². The van der Waals surface area contributed by atoms with Crippen LogP contribution in [0.3, 0.4) is 0 Å². The number of amides is 3. The highest BCUT2D eigenvalue weighted by Crippen LogP contribution is 2.40. The summed E-state index contributed by atoms with van der Waals surface area (Å²) in [5.74, 6) is -3.35. The molecule has 3 amide bonds. The minimum absolute atomic E-state index is 0.0269. The molecule has 2 aromatic heterocycles. The smallest absolute Gasteiger partial charge is 0.347 e. The first-order valence-electron chi connectivity index (χ1n) is 12.7. The molecule has 2 atom stereocenters. The van der Waals surface area contributed by atoms with Gasteiger partial charge < -0.3 is 30.1 Å². The summed E-state index contributed by atoms with van der Waals surface area (Å²) < 4.78 is 6.95. The van der Waals surface area contributed by atoms with Gasteiger partial charge in [-0.3, -0.25) is 19.3 Å². The van der Waals surface area contributed by atoms with Gasteiger partial charge in [0.05, 0.1) is 11.7 Å². The van der Waals surface area contributed by atoms with Crippen molar-refractivity contribution >= 4 is 53.5 Å². The molecule has 4 rings (SSSR count). The van der Waals surface area contributed by atoms with Crippen LogP contribution >= 0.6 is 11.8 Å². The van der Waals surface area contributed by atoms with Gasteiger partial charge >= 0.3 is 5.97 Å². The second-order valence-electron chi connectivity index (χ2n) is 10.1. The van der Waals surface area contributed by atoms with Gasteiger partial charge in [0.2, 0.25) is 13.0 Å². The largest absolute Gasteiger partial charge is 0.543 e. The summed E-state index contributed by atoms with van der Waals surface area (Å²) in [6.45, 7) is 4.66. The van der Waals surface area contributed by atoms with Crippen LogP contribution in [0.2, 0.25) is 0 Å². The normalized spacial score (nSPS) is 18.4. The Labute approximate surface area is 244 Å². The molecule has 15 heteroatoms. The highest BCUT2D eigenvalue weighted by atomic mass is 32.2. The molecule has 220 valence electrons. The number of esters is 1. The molecular weight excluding hydrogens is 568 g/mol. The number of nitrogens with zero attached hydrogens (tertiary/aromatic N) is 4. The molecule has 0 saturated carbocycles. The number of carbonyl (C=O) groups excluding carboxylic acids is 5. The number of fused-ring (bicyclic) bond motifs is 1. The Morgan fingerprint density at radius 1 is 1.21 bits per heavy atom. The minimum atomic E-state index is -1.49. The molecule has 0 radical (unpaired) electrons. The molecule has 2 aliphatic heterocycles. The molecule has 2 N–H and O–H groups in total. The SMILES string of the molecule is CC(C)(C)OC(=O)CO/N=C(\C(=O)NC1C(=O)N2C(C(=O)[O-])=C(C[n+]3ccccc3)CS[C@H]12)c1cccc(NC=O)n1. The third kappa shape index (κ3) is 7.09. The number of nitrogens with one attached hydrogen (secondary N) is 2. The molecule has 14 nitrogen and oxygen atoms in total. The number of ether oxygens (including phenoxy) is 1. The summed E-state index contributed by atoms with van der Waals surface area (Å²) in [5, 5.41) is 20.1. The number of hydrogen-bond donors (Lipinski definition) is 2. The number of carbonyl (C=O) groups is 5. The maximum atomic E-state index is 13.4. The molecule has 1 saturated heterocycles. The van der Waals surface area contributed by atoms with E-state index in [1.165, 1.54) is 30.0 Å². The Balaban J connectivity index is 1.53. The van der Waals surface area contributed by atoms with Gasteiger partial charge in [0.25, 0.3) is 11.8 Å². The summed E-state index contributed by atoms with van der Waals surface area (Å²) in [5.41, 5.74) is -0.924. The number of aromatic nitrogens is 2. The van der Waals surface area contributed by atoms with E-state index in [0.29, 0.717) is 12.0 Å². The number of carboxylic acids is 1. The van der Waals surface area contributed by atoms with Gasteiger partial charge in [0.1, 0.15) is 28.5 Å². The molecule has 1 fully saturated rings. The van der Waals surface area contributed by atoms with Crippen molar-refractivity contribution in [3.63, 3.8) is 0 Å². The van der Waals surface area contributed by atoms with Crippen LogP contribution in [0.4, 0.5) is 5.82 Å². The van der Waals surface area contributed by atoms with Crippen molar-refractivity contribution in [3.8, 4) is 0 Å². The molecule has 4 heterocycles. The number of carboxylic acid groups (broad SMARTS) is 1. The van der Waals surface area contributed by atoms with Gasteiger partial charge in [-0.05, 0) is 32.9 Å². The molecule has 42 heavy (non-hydrogen) atoms. The van der Waals surface area contributed by atoms with E-state index in [0.717, 1.165) is 4.90 Å². The van der Waals surface area contributed by atoms with E-state index in [4.69, 9.17) is 9.57 Å². The van der Waals surface area contributed by atoms with Gasteiger partial charge in [0.15, 0.2) is 24.7 Å². The van der Waals surface area contributed by atoms with Crippen LogP contribution in [0, 0.1) is 0 Å². The number of anilines is 1. The molecule has 1 unspecified atom stereocenters. The number of hydrogen-bond acceptors (Lipinski definition) is 11. The van der Waals surface area contributed by atoms with Crippen molar-refractivity contribution in [2.24, 2.45) is 5.16 Å². The zero-order chi connectivity index (χ0) is 30.4. The van der Waals surface area contributed by atoms with Gasteiger partial charge in [-0.2, -0.15) is 0 Å². The summed E-state index contributed by atoms with van der Waals surface area (Å²) in [7, 11) is 0. The monoisotopic (exact) mass is 596 g/mol. The first-order chi connectivity index (χ1) is 20.0. The van der Waals surface area contributed by atoms with Crippen molar-refractivity contribution in [1.82, 2.24) is 15.2 Å². The number of aliphatic carboxylic acids is 1. The molecule has 2 aromatic rings. The first-order valence-corrected chi connectivity index (χ1v) is 13.8. The van der Waals surface area contributed by atoms with Crippen LogP contribution in [0.25, 0.3) is 0 Å². The van der Waals surface area contributed by atoms with E-state index in [2.05, 4.69) is 20.8 Å². The fourth-order valence-electron chi connectivity index (χ4n) is 4.20. The third-order valence-electron chi connectivity index (χ3n) is 5.85. The van der Waals surface area contributed by atoms with Crippen LogP contribution in [0.1, 0.15) is 26.5 Å². The fourth-order valence-corrected chi connectivity index (χ4v) is 5.53. The van der Waals surface area contributed by atoms with Crippen LogP contribution in [-0.2, 0) is 40.1 Å². The highest BCUT2D eigenvalue weighted by molar-refractivity contribution is 8.00. The highest BCUT2D eigenvalue weighted by Gasteiger charge is 2.53. The molecule has 0 aromatic carbocycles.